The summed E-state index contributed by atoms with van der Waals surface area (Å²) in [5, 5.41) is 9.24. The highest BCUT2D eigenvalue weighted by molar-refractivity contribution is 6.17. The van der Waals surface area contributed by atoms with Gasteiger partial charge < -0.3 is 9.84 Å². The minimum atomic E-state index is -5.11. The molecule has 0 aromatic carbocycles. The zero-order valence-electron chi connectivity index (χ0n) is 7.93. The molecule has 0 saturated heterocycles. The monoisotopic (exact) mass is 277 g/mol. The Labute approximate surface area is 96.8 Å². The number of aromatic hydroxyl groups is 1. The molecular weight excluding hydrogens is 273 g/mol. The quantitative estimate of drug-likeness (QED) is 0.680. The molecule has 0 fully saturated rings. The van der Waals surface area contributed by atoms with Crippen molar-refractivity contribution in [1.29, 1.82) is 0 Å². The van der Waals surface area contributed by atoms with E-state index in [4.69, 9.17) is 11.6 Å². The van der Waals surface area contributed by atoms with Gasteiger partial charge in [-0.15, -0.1) is 24.8 Å². The highest BCUT2D eigenvalue weighted by atomic mass is 35.5. The Kier molecular flexibility index (Phi) is 3.97. The lowest BCUT2D eigenvalue weighted by atomic mass is 10.2. The Balaban J connectivity index is 3.23. The molecule has 1 N–H and O–H groups in total. The average molecular weight is 278 g/mol. The Morgan fingerprint density at radius 3 is 2.41 bits per heavy atom. The minimum absolute atomic E-state index is 0.309. The fraction of sp³-hybridized carbons (Fsp3) is 0.375. The molecular formula is C8H5ClF5NO2. The van der Waals surface area contributed by atoms with E-state index in [0.29, 0.717) is 6.07 Å². The van der Waals surface area contributed by atoms with Crippen LogP contribution in [0.15, 0.2) is 6.07 Å². The van der Waals surface area contributed by atoms with Crippen molar-refractivity contribution in [3.8, 4) is 11.5 Å². The summed E-state index contributed by atoms with van der Waals surface area (Å²) in [5.74, 6) is -2.69. The normalized spacial score (nSPS) is 11.9. The minimum Gasteiger partial charge on any atom is -0.503 e. The Morgan fingerprint density at radius 1 is 1.41 bits per heavy atom. The van der Waals surface area contributed by atoms with Gasteiger partial charge in [-0.2, -0.15) is 0 Å². The number of hydrogen-bond acceptors (Lipinski definition) is 3. The zero-order chi connectivity index (χ0) is 13.2. The van der Waals surface area contributed by atoms with Gasteiger partial charge in [0.05, 0.1) is 5.88 Å². The van der Waals surface area contributed by atoms with E-state index in [1.807, 2.05) is 0 Å². The lowest BCUT2D eigenvalue weighted by Gasteiger charge is -2.13. The van der Waals surface area contributed by atoms with Crippen LogP contribution in [-0.4, -0.2) is 16.5 Å². The first-order valence-electron chi connectivity index (χ1n) is 4.07. The van der Waals surface area contributed by atoms with Gasteiger partial charge in [0.25, 0.3) is 6.43 Å². The summed E-state index contributed by atoms with van der Waals surface area (Å²) in [6.07, 6.45) is -8.21. The predicted molar refractivity (Wildman–Crippen MR) is 47.1 cm³/mol. The van der Waals surface area contributed by atoms with Gasteiger partial charge in [-0.1, -0.05) is 0 Å². The standard InChI is InChI=1S/C8H5ClF5NO2/c9-2-4-6(16)5(17-8(12,13)14)1-3(15-4)7(10)11/h1,7,16H,2H2. The van der Waals surface area contributed by atoms with Crippen molar-refractivity contribution in [1.82, 2.24) is 4.98 Å². The molecule has 0 unspecified atom stereocenters. The molecule has 0 aliphatic rings. The second-order valence-corrected chi connectivity index (χ2v) is 3.09. The number of aromatic nitrogens is 1. The number of halogens is 6. The van der Waals surface area contributed by atoms with Crippen LogP contribution in [0, 0.1) is 0 Å². The second-order valence-electron chi connectivity index (χ2n) is 2.82. The molecule has 1 aromatic heterocycles. The largest absolute Gasteiger partial charge is 0.573 e. The number of nitrogens with zero attached hydrogens (tertiary/aromatic N) is 1. The fourth-order valence-corrected chi connectivity index (χ4v) is 1.18. The van der Waals surface area contributed by atoms with Crippen LogP contribution in [0.5, 0.6) is 11.5 Å². The number of alkyl halides is 6. The Morgan fingerprint density at radius 2 is 2.00 bits per heavy atom. The van der Waals surface area contributed by atoms with Crippen molar-refractivity contribution >= 4 is 11.6 Å². The topological polar surface area (TPSA) is 42.4 Å². The van der Waals surface area contributed by atoms with E-state index in [1.54, 1.807) is 0 Å². The molecule has 1 heterocycles. The third kappa shape index (κ3) is 3.58. The van der Waals surface area contributed by atoms with Gasteiger partial charge >= 0.3 is 6.36 Å². The van der Waals surface area contributed by atoms with Crippen molar-refractivity contribution in [3.05, 3.63) is 17.5 Å². The first-order chi connectivity index (χ1) is 7.74. The van der Waals surface area contributed by atoms with E-state index < -0.39 is 41.6 Å². The van der Waals surface area contributed by atoms with Gasteiger partial charge in [0.2, 0.25) is 0 Å². The molecule has 17 heavy (non-hydrogen) atoms. The van der Waals surface area contributed by atoms with Crippen molar-refractivity contribution in [2.24, 2.45) is 0 Å². The number of rotatable bonds is 3. The van der Waals surface area contributed by atoms with Gasteiger partial charge in [0, 0.05) is 6.07 Å². The lowest BCUT2D eigenvalue weighted by molar-refractivity contribution is -0.275. The summed E-state index contributed by atoms with van der Waals surface area (Å²) < 4.78 is 63.7. The van der Waals surface area contributed by atoms with Gasteiger partial charge in [-0.25, -0.2) is 13.8 Å². The summed E-state index contributed by atoms with van der Waals surface area (Å²) in [7, 11) is 0. The molecule has 0 saturated carbocycles. The second kappa shape index (κ2) is 4.91. The summed E-state index contributed by atoms with van der Waals surface area (Å²) in [6, 6.07) is 0.309. The van der Waals surface area contributed by atoms with Crippen molar-refractivity contribution < 1.29 is 31.8 Å². The summed E-state index contributed by atoms with van der Waals surface area (Å²) >= 11 is 5.25. The summed E-state index contributed by atoms with van der Waals surface area (Å²) in [6.45, 7) is 0. The summed E-state index contributed by atoms with van der Waals surface area (Å²) in [5.41, 5.74) is -1.47. The third-order valence-electron chi connectivity index (χ3n) is 1.63. The first-order valence-corrected chi connectivity index (χ1v) is 4.60. The van der Waals surface area contributed by atoms with E-state index in [1.165, 1.54) is 0 Å². The van der Waals surface area contributed by atoms with Gasteiger partial charge in [-0.3, -0.25) is 0 Å². The maximum atomic E-state index is 12.3. The summed E-state index contributed by atoms with van der Waals surface area (Å²) in [4.78, 5) is 3.20. The molecule has 1 aromatic rings. The molecule has 0 radical (unpaired) electrons. The zero-order valence-corrected chi connectivity index (χ0v) is 8.69. The molecule has 9 heteroatoms. The molecule has 0 bridgehead atoms. The smallest absolute Gasteiger partial charge is 0.503 e. The van der Waals surface area contributed by atoms with Crippen LogP contribution in [0.2, 0.25) is 0 Å². The van der Waals surface area contributed by atoms with E-state index >= 15 is 0 Å². The van der Waals surface area contributed by atoms with Crippen LogP contribution in [0.1, 0.15) is 17.8 Å². The fourth-order valence-electron chi connectivity index (χ4n) is 0.993. The third-order valence-corrected chi connectivity index (χ3v) is 1.88. The van der Waals surface area contributed by atoms with E-state index in [0.717, 1.165) is 0 Å². The lowest BCUT2D eigenvalue weighted by Crippen LogP contribution is -2.18. The van der Waals surface area contributed by atoms with Gasteiger partial charge in [0.1, 0.15) is 11.4 Å². The molecule has 0 amide bonds. The number of ether oxygens (including phenoxy) is 1. The van der Waals surface area contributed by atoms with Gasteiger partial charge in [0.15, 0.2) is 11.5 Å². The molecule has 96 valence electrons. The van der Waals surface area contributed by atoms with Crippen LogP contribution in [0.4, 0.5) is 22.0 Å². The van der Waals surface area contributed by atoms with E-state index in [9.17, 15) is 27.1 Å². The highest BCUT2D eigenvalue weighted by Crippen LogP contribution is 2.36. The average Bonchev–Trinajstić information content (AvgIpc) is 2.18. The van der Waals surface area contributed by atoms with Crippen LogP contribution >= 0.6 is 11.6 Å². The number of pyridine rings is 1. The SMILES string of the molecule is Oc1c(OC(F)(F)F)cc(C(F)F)nc1CCl. The molecule has 1 rings (SSSR count). The maximum absolute atomic E-state index is 12.3. The van der Waals surface area contributed by atoms with E-state index in [2.05, 4.69) is 9.72 Å². The van der Waals surface area contributed by atoms with Crippen molar-refractivity contribution in [2.75, 3.05) is 0 Å². The maximum Gasteiger partial charge on any atom is 0.573 e. The predicted octanol–water partition coefficient (Wildman–Crippen LogP) is 3.36. The Bertz CT molecular complexity index is 410. The van der Waals surface area contributed by atoms with Crippen molar-refractivity contribution in [2.45, 2.75) is 18.7 Å². The molecule has 0 aliphatic carbocycles. The van der Waals surface area contributed by atoms with Gasteiger partial charge in [-0.05, 0) is 0 Å². The Hall–Kier alpha value is -1.31. The first kappa shape index (κ1) is 13.8. The highest BCUT2D eigenvalue weighted by Gasteiger charge is 2.33. The van der Waals surface area contributed by atoms with Crippen LogP contribution < -0.4 is 4.74 Å². The molecule has 0 atom stereocenters. The molecule has 0 spiro atoms. The van der Waals surface area contributed by atoms with Crippen molar-refractivity contribution in [3.63, 3.8) is 0 Å². The molecule has 3 nitrogen and oxygen atoms in total. The van der Waals surface area contributed by atoms with Crippen LogP contribution in [-0.2, 0) is 5.88 Å². The van der Waals surface area contributed by atoms with Crippen LogP contribution in [0.3, 0.4) is 0 Å². The molecule has 0 aliphatic heterocycles. The van der Waals surface area contributed by atoms with Crippen LogP contribution in [0.25, 0.3) is 0 Å². The number of hydrogen-bond donors (Lipinski definition) is 1. The van der Waals surface area contributed by atoms with E-state index in [-0.39, 0.29) is 0 Å².